The van der Waals surface area contributed by atoms with Gasteiger partial charge in [0.1, 0.15) is 18.3 Å². The first-order valence-corrected chi connectivity index (χ1v) is 15.5. The number of rotatable bonds is 11. The smallest absolute Gasteiger partial charge is 0.264 e. The fraction of sp³-hybridized carbons (Fsp3) is 0.394. The molecule has 0 radical (unpaired) electrons. The molecule has 0 spiro atoms. The van der Waals surface area contributed by atoms with Crippen molar-refractivity contribution < 1.29 is 22.7 Å². The molecule has 0 bridgehead atoms. The van der Waals surface area contributed by atoms with Crippen molar-refractivity contribution in [1.82, 2.24) is 10.2 Å². The number of methoxy groups -OCH3 is 1. The van der Waals surface area contributed by atoms with Gasteiger partial charge >= 0.3 is 0 Å². The molecule has 0 aliphatic carbocycles. The van der Waals surface area contributed by atoms with Crippen LogP contribution in [-0.2, 0) is 26.2 Å². The number of carbonyl (C=O) groups is 2. The van der Waals surface area contributed by atoms with Crippen molar-refractivity contribution in [3.05, 3.63) is 89.0 Å². The molecule has 0 fully saturated rings. The Bertz CT molecular complexity index is 1510. The van der Waals surface area contributed by atoms with Crippen molar-refractivity contribution in [3.63, 3.8) is 0 Å². The van der Waals surface area contributed by atoms with Gasteiger partial charge in [0, 0.05) is 12.1 Å². The van der Waals surface area contributed by atoms with E-state index in [-0.39, 0.29) is 17.3 Å². The predicted molar refractivity (Wildman–Crippen MR) is 167 cm³/mol. The maximum atomic E-state index is 14.3. The van der Waals surface area contributed by atoms with Crippen molar-refractivity contribution in [2.45, 2.75) is 77.9 Å². The zero-order valence-corrected chi connectivity index (χ0v) is 26.7. The number of sulfonamides is 1. The van der Waals surface area contributed by atoms with Crippen LogP contribution in [0.4, 0.5) is 5.69 Å². The minimum atomic E-state index is -4.13. The van der Waals surface area contributed by atoms with E-state index in [0.717, 1.165) is 26.6 Å². The van der Waals surface area contributed by atoms with Crippen LogP contribution in [0.2, 0.25) is 0 Å². The molecule has 0 unspecified atom stereocenters. The quantitative estimate of drug-likeness (QED) is 0.315. The molecule has 2 amide bonds. The molecule has 0 aliphatic heterocycles. The van der Waals surface area contributed by atoms with Crippen molar-refractivity contribution >= 4 is 27.5 Å². The third-order valence-electron chi connectivity index (χ3n) is 6.88. The summed E-state index contributed by atoms with van der Waals surface area (Å²) in [6.07, 6.45) is 0.339. The van der Waals surface area contributed by atoms with Crippen LogP contribution in [0, 0.1) is 20.8 Å². The van der Waals surface area contributed by atoms with E-state index in [4.69, 9.17) is 4.74 Å². The molecule has 9 heteroatoms. The standard InChI is InChI=1S/C33H43N3O5S/c1-9-29(32(38)34-33(5,6)7)35(21-26-11-10-12-27(20-26)41-8)31(37)22-36(30-18-15-24(3)19-25(30)4)42(39,40)28-16-13-23(2)14-17-28/h10-20,29H,9,21-22H2,1-8H3,(H,34,38)/t29-/m0/s1. The van der Waals surface area contributed by atoms with Gasteiger partial charge in [-0.25, -0.2) is 8.42 Å². The summed E-state index contributed by atoms with van der Waals surface area (Å²) in [6, 6.07) is 18.4. The summed E-state index contributed by atoms with van der Waals surface area (Å²) < 4.78 is 34.7. The lowest BCUT2D eigenvalue weighted by Gasteiger charge is -2.35. The van der Waals surface area contributed by atoms with Gasteiger partial charge in [0.2, 0.25) is 11.8 Å². The number of nitrogens with zero attached hydrogens (tertiary/aromatic N) is 2. The summed E-state index contributed by atoms with van der Waals surface area (Å²) in [5, 5.41) is 2.99. The first-order valence-electron chi connectivity index (χ1n) is 14.1. The average Bonchev–Trinajstić information content (AvgIpc) is 2.91. The molecule has 0 aromatic heterocycles. The molecule has 0 aliphatic rings. The molecule has 1 N–H and O–H groups in total. The van der Waals surface area contributed by atoms with Crippen LogP contribution >= 0.6 is 0 Å². The number of ether oxygens (including phenoxy) is 1. The Morgan fingerprint density at radius 3 is 2.14 bits per heavy atom. The number of hydrogen-bond acceptors (Lipinski definition) is 5. The van der Waals surface area contributed by atoms with Gasteiger partial charge in [0.15, 0.2) is 0 Å². The Labute approximate surface area is 250 Å². The lowest BCUT2D eigenvalue weighted by molar-refractivity contribution is -0.141. The number of carbonyl (C=O) groups excluding carboxylic acids is 2. The van der Waals surface area contributed by atoms with E-state index in [1.165, 1.54) is 4.90 Å². The van der Waals surface area contributed by atoms with E-state index in [1.54, 1.807) is 49.6 Å². The second kappa shape index (κ2) is 13.4. The maximum Gasteiger partial charge on any atom is 0.264 e. The van der Waals surface area contributed by atoms with E-state index >= 15 is 0 Å². The van der Waals surface area contributed by atoms with E-state index in [1.807, 2.05) is 72.7 Å². The molecule has 42 heavy (non-hydrogen) atoms. The summed E-state index contributed by atoms with van der Waals surface area (Å²) in [4.78, 5) is 29.3. The van der Waals surface area contributed by atoms with E-state index in [0.29, 0.717) is 17.9 Å². The molecule has 8 nitrogen and oxygen atoms in total. The summed E-state index contributed by atoms with van der Waals surface area (Å²) >= 11 is 0. The zero-order valence-electron chi connectivity index (χ0n) is 25.9. The highest BCUT2D eigenvalue weighted by molar-refractivity contribution is 7.92. The number of amides is 2. The van der Waals surface area contributed by atoms with Gasteiger partial charge in [-0.05, 0) is 89.4 Å². The normalized spacial score (nSPS) is 12.4. The first kappa shape index (κ1) is 32.7. The van der Waals surface area contributed by atoms with Crippen LogP contribution in [0.5, 0.6) is 5.75 Å². The lowest BCUT2D eigenvalue weighted by atomic mass is 10.1. The van der Waals surface area contributed by atoms with Gasteiger partial charge in [0.25, 0.3) is 10.0 Å². The number of benzene rings is 3. The van der Waals surface area contributed by atoms with Crippen LogP contribution < -0.4 is 14.4 Å². The Morgan fingerprint density at radius 1 is 0.929 bits per heavy atom. The van der Waals surface area contributed by atoms with E-state index in [2.05, 4.69) is 5.32 Å². The molecule has 0 saturated heterocycles. The Balaban J connectivity index is 2.12. The summed E-state index contributed by atoms with van der Waals surface area (Å²) in [7, 11) is -2.57. The number of nitrogens with one attached hydrogen (secondary N) is 1. The van der Waals surface area contributed by atoms with Crippen LogP contribution in [0.1, 0.15) is 56.4 Å². The molecule has 1 atom stereocenters. The second-order valence-electron chi connectivity index (χ2n) is 11.7. The highest BCUT2D eigenvalue weighted by atomic mass is 32.2. The minimum absolute atomic E-state index is 0.0812. The van der Waals surface area contributed by atoms with Crippen LogP contribution in [0.25, 0.3) is 0 Å². The second-order valence-corrected chi connectivity index (χ2v) is 13.5. The maximum absolute atomic E-state index is 14.3. The largest absolute Gasteiger partial charge is 0.497 e. The topological polar surface area (TPSA) is 96.0 Å². The fourth-order valence-electron chi connectivity index (χ4n) is 4.78. The SMILES string of the molecule is CC[C@@H](C(=O)NC(C)(C)C)N(Cc1cccc(OC)c1)C(=O)CN(c1ccc(C)cc1C)S(=O)(=O)c1ccc(C)cc1. The molecular formula is C33H43N3O5S. The molecule has 0 saturated carbocycles. The fourth-order valence-corrected chi connectivity index (χ4v) is 6.25. The monoisotopic (exact) mass is 593 g/mol. The van der Waals surface area contributed by atoms with Gasteiger partial charge in [-0.15, -0.1) is 0 Å². The Hall–Kier alpha value is -3.85. The minimum Gasteiger partial charge on any atom is -0.497 e. The zero-order chi connectivity index (χ0) is 31.2. The molecule has 3 rings (SSSR count). The van der Waals surface area contributed by atoms with Crippen LogP contribution in [0.3, 0.4) is 0 Å². The summed E-state index contributed by atoms with van der Waals surface area (Å²) in [6.45, 7) is 12.7. The predicted octanol–water partition coefficient (Wildman–Crippen LogP) is 5.54. The number of aryl methyl sites for hydroxylation is 3. The third-order valence-corrected chi connectivity index (χ3v) is 8.65. The van der Waals surface area contributed by atoms with Crippen molar-refractivity contribution in [2.24, 2.45) is 0 Å². The van der Waals surface area contributed by atoms with Crippen molar-refractivity contribution in [1.29, 1.82) is 0 Å². The average molecular weight is 594 g/mol. The highest BCUT2D eigenvalue weighted by Gasteiger charge is 2.35. The van der Waals surface area contributed by atoms with Crippen LogP contribution in [-0.4, -0.2) is 50.4 Å². The molecule has 0 heterocycles. The highest BCUT2D eigenvalue weighted by Crippen LogP contribution is 2.29. The van der Waals surface area contributed by atoms with Crippen LogP contribution in [0.15, 0.2) is 71.6 Å². The van der Waals surface area contributed by atoms with E-state index in [9.17, 15) is 18.0 Å². The third kappa shape index (κ3) is 8.12. The lowest BCUT2D eigenvalue weighted by Crippen LogP contribution is -2.55. The molecular weight excluding hydrogens is 550 g/mol. The van der Waals surface area contributed by atoms with Gasteiger partial charge in [-0.1, -0.05) is 54.4 Å². The molecule has 226 valence electrons. The Kier molecular flexibility index (Phi) is 10.4. The summed E-state index contributed by atoms with van der Waals surface area (Å²) in [5.41, 5.74) is 3.25. The van der Waals surface area contributed by atoms with Gasteiger partial charge in [-0.3, -0.25) is 13.9 Å². The number of hydrogen-bond donors (Lipinski definition) is 1. The summed E-state index contributed by atoms with van der Waals surface area (Å²) in [5.74, 6) is -0.184. The van der Waals surface area contributed by atoms with Gasteiger partial charge in [-0.2, -0.15) is 0 Å². The van der Waals surface area contributed by atoms with E-state index < -0.39 is 34.1 Å². The van der Waals surface area contributed by atoms with Crippen molar-refractivity contribution in [3.8, 4) is 5.75 Å². The Morgan fingerprint density at radius 2 is 1.57 bits per heavy atom. The number of anilines is 1. The van der Waals surface area contributed by atoms with Crippen molar-refractivity contribution in [2.75, 3.05) is 18.0 Å². The van der Waals surface area contributed by atoms with Gasteiger partial charge in [0.05, 0.1) is 17.7 Å². The molecule has 3 aromatic rings. The van der Waals surface area contributed by atoms with Gasteiger partial charge < -0.3 is 15.0 Å². The molecule has 3 aromatic carbocycles. The first-order chi connectivity index (χ1) is 19.7.